The number of benzene rings is 2. The van der Waals surface area contributed by atoms with Crippen LogP contribution < -0.4 is 10.2 Å². The Hall–Kier alpha value is -2.87. The number of anilines is 1. The predicted molar refractivity (Wildman–Crippen MR) is 121 cm³/mol. The van der Waals surface area contributed by atoms with E-state index in [2.05, 4.69) is 87.5 Å². The number of rotatable bonds is 5. The van der Waals surface area contributed by atoms with Crippen molar-refractivity contribution in [3.8, 4) is 11.8 Å². The van der Waals surface area contributed by atoms with Crippen LogP contribution in [0.3, 0.4) is 0 Å². The highest BCUT2D eigenvalue weighted by atomic mass is 15.2. The third kappa shape index (κ3) is 5.14. The van der Waals surface area contributed by atoms with E-state index >= 15 is 0 Å². The highest BCUT2D eigenvalue weighted by Crippen LogP contribution is 2.18. The van der Waals surface area contributed by atoms with Crippen LogP contribution in [0.5, 0.6) is 0 Å². The summed E-state index contributed by atoms with van der Waals surface area (Å²) < 4.78 is 0. The summed E-state index contributed by atoms with van der Waals surface area (Å²) >= 11 is 0. The zero-order valence-electron chi connectivity index (χ0n) is 17.0. The number of nitrogens with zero attached hydrogens (tertiary/aromatic N) is 3. The van der Waals surface area contributed by atoms with Crippen molar-refractivity contribution in [2.45, 2.75) is 12.5 Å². The molecule has 1 fully saturated rings. The summed E-state index contributed by atoms with van der Waals surface area (Å²) in [6, 6.07) is 19.9. The Morgan fingerprint density at radius 3 is 2.86 bits per heavy atom. The van der Waals surface area contributed by atoms with E-state index in [-0.39, 0.29) is 0 Å². The van der Waals surface area contributed by atoms with Gasteiger partial charge in [0.25, 0.3) is 0 Å². The molecule has 1 aromatic heterocycles. The van der Waals surface area contributed by atoms with E-state index in [0.717, 1.165) is 38.3 Å². The van der Waals surface area contributed by atoms with Crippen LogP contribution in [0.25, 0.3) is 10.8 Å². The maximum Gasteiger partial charge on any atom is 0.0792 e. The fraction of sp³-hybridized carbons (Fsp3) is 0.320. The van der Waals surface area contributed by atoms with Crippen molar-refractivity contribution in [2.24, 2.45) is 0 Å². The van der Waals surface area contributed by atoms with Gasteiger partial charge in [-0.05, 0) is 34.9 Å². The van der Waals surface area contributed by atoms with Crippen LogP contribution in [-0.2, 0) is 6.42 Å². The van der Waals surface area contributed by atoms with Crippen molar-refractivity contribution >= 4 is 16.5 Å². The Morgan fingerprint density at radius 1 is 1.10 bits per heavy atom. The SMILES string of the molecule is CN(CC#CCN1CCNCC1Cc1ccc2ccccc2c1)c1cccnc1. The predicted octanol–water partition coefficient (Wildman–Crippen LogP) is 3.19. The number of hydrogen-bond acceptors (Lipinski definition) is 4. The average Bonchev–Trinajstić information content (AvgIpc) is 2.78. The largest absolute Gasteiger partial charge is 0.362 e. The molecular weight excluding hydrogens is 356 g/mol. The third-order valence-corrected chi connectivity index (χ3v) is 5.57. The molecule has 1 N–H and O–H groups in total. The number of piperazine rings is 1. The van der Waals surface area contributed by atoms with Crippen molar-refractivity contribution < 1.29 is 0 Å². The van der Waals surface area contributed by atoms with Gasteiger partial charge >= 0.3 is 0 Å². The highest BCUT2D eigenvalue weighted by Gasteiger charge is 2.21. The van der Waals surface area contributed by atoms with Gasteiger partial charge in [0.1, 0.15) is 0 Å². The second-order valence-electron chi connectivity index (χ2n) is 7.63. The topological polar surface area (TPSA) is 31.4 Å². The molecule has 2 aromatic carbocycles. The molecule has 0 spiro atoms. The number of hydrogen-bond donors (Lipinski definition) is 1. The molecule has 0 bridgehead atoms. The number of aromatic nitrogens is 1. The molecule has 4 rings (SSSR count). The lowest BCUT2D eigenvalue weighted by Crippen LogP contribution is -2.52. The standard InChI is InChI=1S/C25H28N4/c1-28(24-9-6-12-26-19-24)14-4-5-15-29-16-13-27-20-25(29)18-21-10-11-22-7-2-3-8-23(22)17-21/h2-3,6-12,17,19,25,27H,13-16,18,20H2,1H3. The molecule has 3 aromatic rings. The molecule has 0 saturated carbocycles. The Labute approximate surface area is 173 Å². The minimum absolute atomic E-state index is 0.482. The van der Waals surface area contributed by atoms with Crippen LogP contribution in [-0.4, -0.2) is 55.7 Å². The smallest absolute Gasteiger partial charge is 0.0792 e. The van der Waals surface area contributed by atoms with Gasteiger partial charge in [-0.1, -0.05) is 54.3 Å². The molecule has 1 aliphatic heterocycles. The molecule has 1 aliphatic rings. The quantitative estimate of drug-likeness (QED) is 0.685. The van der Waals surface area contributed by atoms with E-state index < -0.39 is 0 Å². The maximum absolute atomic E-state index is 4.17. The van der Waals surface area contributed by atoms with Crippen LogP contribution in [0.1, 0.15) is 5.56 Å². The van der Waals surface area contributed by atoms with E-state index in [4.69, 9.17) is 0 Å². The third-order valence-electron chi connectivity index (χ3n) is 5.57. The van der Waals surface area contributed by atoms with Gasteiger partial charge in [0.2, 0.25) is 0 Å². The lowest BCUT2D eigenvalue weighted by atomic mass is 10.00. The first-order valence-corrected chi connectivity index (χ1v) is 10.3. The Balaban J connectivity index is 1.36. The van der Waals surface area contributed by atoms with Gasteiger partial charge in [-0.25, -0.2) is 0 Å². The summed E-state index contributed by atoms with van der Waals surface area (Å²) in [5, 5.41) is 6.17. The highest BCUT2D eigenvalue weighted by molar-refractivity contribution is 5.83. The van der Waals surface area contributed by atoms with E-state index in [0.29, 0.717) is 12.6 Å². The second kappa shape index (κ2) is 9.56. The summed E-state index contributed by atoms with van der Waals surface area (Å²) in [6.07, 6.45) is 4.72. The van der Waals surface area contributed by atoms with Crippen molar-refractivity contribution in [3.05, 3.63) is 72.6 Å². The summed E-state index contributed by atoms with van der Waals surface area (Å²) in [5.41, 5.74) is 2.49. The van der Waals surface area contributed by atoms with Crippen LogP contribution in [0.4, 0.5) is 5.69 Å². The lowest BCUT2D eigenvalue weighted by Gasteiger charge is -2.35. The van der Waals surface area contributed by atoms with Gasteiger partial charge in [0.05, 0.1) is 25.0 Å². The average molecular weight is 385 g/mol. The molecule has 1 saturated heterocycles. The van der Waals surface area contributed by atoms with E-state index in [1.165, 1.54) is 16.3 Å². The van der Waals surface area contributed by atoms with Crippen molar-refractivity contribution in [1.29, 1.82) is 0 Å². The minimum Gasteiger partial charge on any atom is -0.362 e. The van der Waals surface area contributed by atoms with Gasteiger partial charge in [-0.15, -0.1) is 0 Å². The van der Waals surface area contributed by atoms with Crippen LogP contribution in [0.2, 0.25) is 0 Å². The molecule has 0 radical (unpaired) electrons. The van der Waals surface area contributed by atoms with Crippen LogP contribution in [0, 0.1) is 11.8 Å². The first-order chi connectivity index (χ1) is 14.3. The zero-order chi connectivity index (χ0) is 19.9. The number of pyridine rings is 1. The van der Waals surface area contributed by atoms with Crippen LogP contribution >= 0.6 is 0 Å². The Kier molecular flexibility index (Phi) is 6.41. The van der Waals surface area contributed by atoms with Gasteiger partial charge in [0, 0.05) is 38.9 Å². The minimum atomic E-state index is 0.482. The Bertz CT molecular complexity index is 990. The summed E-state index contributed by atoms with van der Waals surface area (Å²) in [5.74, 6) is 6.71. The molecular formula is C25H28N4. The zero-order valence-corrected chi connectivity index (χ0v) is 17.0. The molecule has 29 heavy (non-hydrogen) atoms. The molecule has 2 heterocycles. The van der Waals surface area contributed by atoms with Crippen molar-refractivity contribution in [2.75, 3.05) is 44.7 Å². The van der Waals surface area contributed by atoms with Gasteiger partial charge in [0.15, 0.2) is 0 Å². The van der Waals surface area contributed by atoms with Crippen molar-refractivity contribution in [3.63, 3.8) is 0 Å². The summed E-state index contributed by atoms with van der Waals surface area (Å²) in [7, 11) is 2.05. The molecule has 4 heteroatoms. The molecule has 1 unspecified atom stereocenters. The van der Waals surface area contributed by atoms with Gasteiger partial charge < -0.3 is 10.2 Å². The summed E-state index contributed by atoms with van der Waals surface area (Å²) in [6.45, 7) is 4.63. The van der Waals surface area contributed by atoms with E-state index in [9.17, 15) is 0 Å². The van der Waals surface area contributed by atoms with E-state index in [1.807, 2.05) is 12.3 Å². The first kappa shape index (κ1) is 19.4. The van der Waals surface area contributed by atoms with Crippen molar-refractivity contribution in [1.82, 2.24) is 15.2 Å². The Morgan fingerprint density at radius 2 is 2.00 bits per heavy atom. The van der Waals surface area contributed by atoms with E-state index in [1.54, 1.807) is 6.20 Å². The van der Waals surface area contributed by atoms with Crippen LogP contribution in [0.15, 0.2) is 67.0 Å². The molecule has 1 atom stereocenters. The van der Waals surface area contributed by atoms with Gasteiger partial charge in [-0.2, -0.15) is 0 Å². The second-order valence-corrected chi connectivity index (χ2v) is 7.63. The number of nitrogens with one attached hydrogen (secondary N) is 1. The monoisotopic (exact) mass is 384 g/mol. The molecule has 4 nitrogen and oxygen atoms in total. The summed E-state index contributed by atoms with van der Waals surface area (Å²) in [4.78, 5) is 8.82. The molecule has 0 amide bonds. The maximum atomic E-state index is 4.17. The number of fused-ring (bicyclic) bond motifs is 1. The first-order valence-electron chi connectivity index (χ1n) is 10.3. The normalized spacial score (nSPS) is 16.9. The van der Waals surface area contributed by atoms with Gasteiger partial charge in [-0.3, -0.25) is 9.88 Å². The molecule has 0 aliphatic carbocycles. The molecule has 148 valence electrons. The fourth-order valence-corrected chi connectivity index (χ4v) is 3.85. The lowest BCUT2D eigenvalue weighted by molar-refractivity contribution is 0.181. The fourth-order valence-electron chi connectivity index (χ4n) is 3.85.